The smallest absolute Gasteiger partial charge is 0.271 e. The summed E-state index contributed by atoms with van der Waals surface area (Å²) in [4.78, 5) is 20.4. The van der Waals surface area contributed by atoms with E-state index in [4.69, 9.17) is 0 Å². The summed E-state index contributed by atoms with van der Waals surface area (Å²) in [6, 6.07) is 1.80. The molecule has 0 spiro atoms. The molecule has 1 fully saturated rings. The van der Waals surface area contributed by atoms with E-state index in [2.05, 4.69) is 20.4 Å². The third-order valence-electron chi connectivity index (χ3n) is 3.17. The predicted molar refractivity (Wildman–Crippen MR) is 76.9 cm³/mol. The van der Waals surface area contributed by atoms with Crippen LogP contribution in [0.25, 0.3) is 5.82 Å². The second kappa shape index (κ2) is 6.04. The quantitative estimate of drug-likeness (QED) is 0.914. The van der Waals surface area contributed by atoms with Gasteiger partial charge in [0.2, 0.25) is 0 Å². The standard InChI is InChI=1S/C13H15N5OS/c19-13(15-6-10-2-5-20-9-10)11-7-14-8-12(17-11)18-4-1-3-16-18/h1,3-4,7-8,10H,2,5-6,9H2,(H,15,19). The molecule has 104 valence electrons. The van der Waals surface area contributed by atoms with Crippen LogP contribution in [0.4, 0.5) is 0 Å². The molecule has 7 heteroatoms. The van der Waals surface area contributed by atoms with E-state index in [-0.39, 0.29) is 5.91 Å². The lowest BCUT2D eigenvalue weighted by Crippen LogP contribution is -2.30. The highest BCUT2D eigenvalue weighted by atomic mass is 32.2. The van der Waals surface area contributed by atoms with Crippen LogP contribution >= 0.6 is 11.8 Å². The average molecular weight is 289 g/mol. The number of carbonyl (C=O) groups is 1. The van der Waals surface area contributed by atoms with Crippen molar-refractivity contribution in [3.05, 3.63) is 36.5 Å². The van der Waals surface area contributed by atoms with Crippen molar-refractivity contribution in [1.82, 2.24) is 25.1 Å². The maximum absolute atomic E-state index is 12.1. The topological polar surface area (TPSA) is 72.7 Å². The number of aromatic nitrogens is 4. The van der Waals surface area contributed by atoms with Crippen molar-refractivity contribution in [2.24, 2.45) is 5.92 Å². The summed E-state index contributed by atoms with van der Waals surface area (Å²) in [6.07, 6.45) is 7.65. The highest BCUT2D eigenvalue weighted by Gasteiger charge is 2.17. The number of hydrogen-bond donors (Lipinski definition) is 1. The lowest BCUT2D eigenvalue weighted by molar-refractivity contribution is 0.0943. The Morgan fingerprint density at radius 2 is 2.45 bits per heavy atom. The molecule has 1 unspecified atom stereocenters. The van der Waals surface area contributed by atoms with E-state index < -0.39 is 0 Å². The van der Waals surface area contributed by atoms with Gasteiger partial charge in [0.05, 0.1) is 12.4 Å². The summed E-state index contributed by atoms with van der Waals surface area (Å²) in [5.41, 5.74) is 0.323. The third kappa shape index (κ3) is 2.98. The van der Waals surface area contributed by atoms with Gasteiger partial charge in [0.25, 0.3) is 5.91 Å². The zero-order chi connectivity index (χ0) is 13.8. The van der Waals surface area contributed by atoms with Gasteiger partial charge in [-0.05, 0) is 29.9 Å². The highest BCUT2D eigenvalue weighted by Crippen LogP contribution is 2.22. The lowest BCUT2D eigenvalue weighted by atomic mass is 10.1. The van der Waals surface area contributed by atoms with Crippen molar-refractivity contribution < 1.29 is 4.79 Å². The molecule has 1 aliphatic heterocycles. The molecule has 3 heterocycles. The molecule has 3 rings (SSSR count). The molecule has 0 aliphatic carbocycles. The van der Waals surface area contributed by atoms with Crippen molar-refractivity contribution >= 4 is 17.7 Å². The first-order valence-corrected chi connectivity index (χ1v) is 7.66. The Morgan fingerprint density at radius 1 is 1.50 bits per heavy atom. The maximum Gasteiger partial charge on any atom is 0.271 e. The summed E-state index contributed by atoms with van der Waals surface area (Å²) in [7, 11) is 0. The number of hydrogen-bond acceptors (Lipinski definition) is 5. The Balaban J connectivity index is 1.66. The van der Waals surface area contributed by atoms with Crippen molar-refractivity contribution in [3.63, 3.8) is 0 Å². The average Bonchev–Trinajstić information content (AvgIpc) is 3.18. The molecule has 1 N–H and O–H groups in total. The van der Waals surface area contributed by atoms with Crippen LogP contribution in [0.3, 0.4) is 0 Å². The van der Waals surface area contributed by atoms with Crippen LogP contribution in [0, 0.1) is 5.92 Å². The summed E-state index contributed by atoms with van der Waals surface area (Å²) >= 11 is 1.94. The molecule has 0 bridgehead atoms. The van der Waals surface area contributed by atoms with E-state index in [0.29, 0.717) is 24.0 Å². The fourth-order valence-electron chi connectivity index (χ4n) is 2.05. The van der Waals surface area contributed by atoms with Crippen LogP contribution in [0.2, 0.25) is 0 Å². The van der Waals surface area contributed by atoms with Gasteiger partial charge in [0.15, 0.2) is 5.82 Å². The third-order valence-corrected chi connectivity index (χ3v) is 4.40. The van der Waals surface area contributed by atoms with Crippen molar-refractivity contribution in [2.75, 3.05) is 18.1 Å². The fourth-order valence-corrected chi connectivity index (χ4v) is 3.34. The molecule has 0 saturated carbocycles. The second-order valence-corrected chi connectivity index (χ2v) is 5.80. The molecule has 1 amide bonds. The van der Waals surface area contributed by atoms with Crippen LogP contribution in [-0.4, -0.2) is 43.7 Å². The Kier molecular flexibility index (Phi) is 3.96. The van der Waals surface area contributed by atoms with Gasteiger partial charge in [0, 0.05) is 18.9 Å². The molecule has 2 aromatic rings. The van der Waals surface area contributed by atoms with Crippen LogP contribution in [0.5, 0.6) is 0 Å². The zero-order valence-electron chi connectivity index (χ0n) is 10.9. The van der Waals surface area contributed by atoms with Crippen LogP contribution < -0.4 is 5.32 Å². The molecule has 2 aromatic heterocycles. The van der Waals surface area contributed by atoms with Gasteiger partial charge in [-0.25, -0.2) is 9.67 Å². The zero-order valence-corrected chi connectivity index (χ0v) is 11.7. The Morgan fingerprint density at radius 3 is 3.20 bits per heavy atom. The summed E-state index contributed by atoms with van der Waals surface area (Å²) in [5, 5.41) is 7.00. The number of carbonyl (C=O) groups excluding carboxylic acids is 1. The van der Waals surface area contributed by atoms with Gasteiger partial charge >= 0.3 is 0 Å². The SMILES string of the molecule is O=C(NCC1CCSC1)c1cncc(-n2cccn2)n1. The number of nitrogens with one attached hydrogen (secondary N) is 1. The predicted octanol–water partition coefficient (Wildman–Crippen LogP) is 1.15. The summed E-state index contributed by atoms with van der Waals surface area (Å²) in [6.45, 7) is 0.708. The molecule has 0 aromatic carbocycles. The van der Waals surface area contributed by atoms with Gasteiger partial charge in [-0.3, -0.25) is 9.78 Å². The van der Waals surface area contributed by atoms with Gasteiger partial charge in [-0.15, -0.1) is 0 Å². The molecular formula is C13H15N5OS. The summed E-state index contributed by atoms with van der Waals surface area (Å²) in [5.74, 6) is 3.25. The Bertz CT molecular complexity index is 580. The van der Waals surface area contributed by atoms with E-state index in [1.54, 1.807) is 29.3 Å². The molecule has 1 atom stereocenters. The lowest BCUT2D eigenvalue weighted by Gasteiger charge is -2.09. The number of amides is 1. The van der Waals surface area contributed by atoms with Crippen LogP contribution in [0.1, 0.15) is 16.9 Å². The minimum absolute atomic E-state index is 0.177. The van der Waals surface area contributed by atoms with E-state index in [0.717, 1.165) is 5.75 Å². The van der Waals surface area contributed by atoms with Crippen molar-refractivity contribution in [3.8, 4) is 5.82 Å². The normalized spacial score (nSPS) is 18.1. The maximum atomic E-state index is 12.1. The number of thioether (sulfide) groups is 1. The van der Waals surface area contributed by atoms with Crippen LogP contribution in [0.15, 0.2) is 30.9 Å². The molecule has 1 saturated heterocycles. The van der Waals surface area contributed by atoms with E-state index >= 15 is 0 Å². The first-order chi connectivity index (χ1) is 9.83. The van der Waals surface area contributed by atoms with E-state index in [9.17, 15) is 4.79 Å². The molecular weight excluding hydrogens is 274 g/mol. The van der Waals surface area contributed by atoms with E-state index in [1.807, 2.05) is 11.8 Å². The monoisotopic (exact) mass is 289 g/mol. The van der Waals surface area contributed by atoms with Gasteiger partial charge in [-0.2, -0.15) is 16.9 Å². The molecule has 0 radical (unpaired) electrons. The highest BCUT2D eigenvalue weighted by molar-refractivity contribution is 7.99. The Hall–Kier alpha value is -1.89. The largest absolute Gasteiger partial charge is 0.350 e. The van der Waals surface area contributed by atoms with E-state index in [1.165, 1.54) is 18.4 Å². The minimum Gasteiger partial charge on any atom is -0.350 e. The first-order valence-electron chi connectivity index (χ1n) is 6.51. The minimum atomic E-state index is -0.177. The number of nitrogens with zero attached hydrogens (tertiary/aromatic N) is 4. The van der Waals surface area contributed by atoms with Crippen molar-refractivity contribution in [1.29, 1.82) is 0 Å². The molecule has 1 aliphatic rings. The van der Waals surface area contributed by atoms with Gasteiger partial charge in [-0.1, -0.05) is 0 Å². The fraction of sp³-hybridized carbons (Fsp3) is 0.385. The van der Waals surface area contributed by atoms with Crippen molar-refractivity contribution in [2.45, 2.75) is 6.42 Å². The first kappa shape index (κ1) is 13.1. The summed E-state index contributed by atoms with van der Waals surface area (Å²) < 4.78 is 1.58. The number of rotatable bonds is 4. The van der Waals surface area contributed by atoms with Crippen LogP contribution in [-0.2, 0) is 0 Å². The van der Waals surface area contributed by atoms with Gasteiger partial charge in [0.1, 0.15) is 5.69 Å². The second-order valence-electron chi connectivity index (χ2n) is 4.65. The molecule has 6 nitrogen and oxygen atoms in total. The Labute approximate surface area is 121 Å². The van der Waals surface area contributed by atoms with Gasteiger partial charge < -0.3 is 5.32 Å². The molecule has 20 heavy (non-hydrogen) atoms.